The van der Waals surface area contributed by atoms with Crippen molar-refractivity contribution >= 4 is 17.2 Å². The summed E-state index contributed by atoms with van der Waals surface area (Å²) in [6.07, 6.45) is 1.13. The van der Waals surface area contributed by atoms with Gasteiger partial charge in [-0.15, -0.1) is 11.3 Å². The number of rotatable bonds is 8. The summed E-state index contributed by atoms with van der Waals surface area (Å²) in [5, 5.41) is 3.89. The molecule has 0 saturated heterocycles. The van der Waals surface area contributed by atoms with Crippen LogP contribution in [0.25, 0.3) is 10.6 Å². The monoisotopic (exact) mass is 396 g/mol. The summed E-state index contributed by atoms with van der Waals surface area (Å²) in [6.45, 7) is 2.55. The van der Waals surface area contributed by atoms with Crippen molar-refractivity contribution in [1.82, 2.24) is 10.3 Å². The Morgan fingerprint density at radius 3 is 2.54 bits per heavy atom. The number of nitrogens with zero attached hydrogens (tertiary/aromatic N) is 1. The van der Waals surface area contributed by atoms with Gasteiger partial charge in [0.1, 0.15) is 16.5 Å². The molecule has 28 heavy (non-hydrogen) atoms. The van der Waals surface area contributed by atoms with Gasteiger partial charge in [-0.1, -0.05) is 24.3 Å². The molecular formula is C22H24N2O3S. The molecule has 0 fully saturated rings. The van der Waals surface area contributed by atoms with E-state index >= 15 is 0 Å². The van der Waals surface area contributed by atoms with Crippen LogP contribution in [-0.4, -0.2) is 31.7 Å². The lowest BCUT2D eigenvalue weighted by atomic mass is 10.1. The van der Waals surface area contributed by atoms with Crippen LogP contribution in [0.2, 0.25) is 0 Å². The summed E-state index contributed by atoms with van der Waals surface area (Å²) in [6, 6.07) is 15.7. The lowest BCUT2D eigenvalue weighted by Gasteiger charge is -2.06. The van der Waals surface area contributed by atoms with E-state index in [0.29, 0.717) is 13.0 Å². The number of amides is 1. The molecule has 0 aliphatic carbocycles. The average Bonchev–Trinajstić information content (AvgIpc) is 3.09. The van der Waals surface area contributed by atoms with Crippen molar-refractivity contribution in [3.05, 3.63) is 64.7 Å². The Bertz CT molecular complexity index is 935. The lowest BCUT2D eigenvalue weighted by molar-refractivity contribution is -0.120. The van der Waals surface area contributed by atoms with E-state index in [9.17, 15) is 4.79 Å². The van der Waals surface area contributed by atoms with Crippen LogP contribution in [-0.2, 0) is 17.6 Å². The highest BCUT2D eigenvalue weighted by molar-refractivity contribution is 7.15. The fourth-order valence-electron chi connectivity index (χ4n) is 2.82. The molecular weight excluding hydrogens is 372 g/mol. The van der Waals surface area contributed by atoms with Crippen LogP contribution in [0.4, 0.5) is 0 Å². The maximum atomic E-state index is 12.3. The quantitative estimate of drug-likeness (QED) is 0.624. The highest BCUT2D eigenvalue weighted by Gasteiger charge is 2.13. The highest BCUT2D eigenvalue weighted by atomic mass is 32.1. The molecule has 0 saturated carbocycles. The molecule has 3 aromatic rings. The first-order valence-corrected chi connectivity index (χ1v) is 9.91. The van der Waals surface area contributed by atoms with Gasteiger partial charge in [0.05, 0.1) is 26.3 Å². The molecule has 6 heteroatoms. The second kappa shape index (κ2) is 9.37. The van der Waals surface area contributed by atoms with Crippen LogP contribution >= 0.6 is 11.3 Å². The number of benzene rings is 2. The first-order valence-electron chi connectivity index (χ1n) is 9.09. The maximum absolute atomic E-state index is 12.3. The third-order valence-corrected chi connectivity index (χ3v) is 5.63. The van der Waals surface area contributed by atoms with Gasteiger partial charge in [0.25, 0.3) is 0 Å². The number of nitrogens with one attached hydrogen (secondary N) is 1. The number of carbonyl (C=O) groups is 1. The number of thiazole rings is 1. The van der Waals surface area contributed by atoms with E-state index in [0.717, 1.165) is 44.6 Å². The van der Waals surface area contributed by atoms with Crippen LogP contribution in [0, 0.1) is 6.92 Å². The van der Waals surface area contributed by atoms with Crippen molar-refractivity contribution in [2.45, 2.75) is 19.8 Å². The van der Waals surface area contributed by atoms with E-state index in [1.54, 1.807) is 25.6 Å². The zero-order chi connectivity index (χ0) is 19.9. The average molecular weight is 397 g/mol. The molecule has 2 aromatic carbocycles. The number of methoxy groups -OCH3 is 2. The number of hydrogen-bond donors (Lipinski definition) is 1. The van der Waals surface area contributed by atoms with Crippen molar-refractivity contribution in [3.8, 4) is 22.1 Å². The van der Waals surface area contributed by atoms with E-state index in [1.807, 2.05) is 55.5 Å². The molecule has 3 rings (SSSR count). The van der Waals surface area contributed by atoms with E-state index < -0.39 is 0 Å². The molecule has 0 aliphatic rings. The van der Waals surface area contributed by atoms with Crippen molar-refractivity contribution < 1.29 is 14.3 Å². The molecule has 0 unspecified atom stereocenters. The second-order valence-corrected chi connectivity index (χ2v) is 7.47. The molecule has 1 N–H and O–H groups in total. The topological polar surface area (TPSA) is 60.5 Å². The Morgan fingerprint density at radius 2 is 1.82 bits per heavy atom. The number of ether oxygens (including phenoxy) is 2. The molecule has 0 aliphatic heterocycles. The van der Waals surface area contributed by atoms with Gasteiger partial charge in [0, 0.05) is 17.0 Å². The fourth-order valence-corrected chi connectivity index (χ4v) is 3.88. The van der Waals surface area contributed by atoms with Gasteiger partial charge in [-0.3, -0.25) is 4.79 Å². The summed E-state index contributed by atoms with van der Waals surface area (Å²) in [4.78, 5) is 17.9. The van der Waals surface area contributed by atoms with Gasteiger partial charge in [-0.05, 0) is 43.2 Å². The van der Waals surface area contributed by atoms with E-state index in [-0.39, 0.29) is 5.91 Å². The van der Waals surface area contributed by atoms with Gasteiger partial charge in [-0.2, -0.15) is 0 Å². The predicted octanol–water partition coefficient (Wildman–Crippen LogP) is 4.04. The summed E-state index contributed by atoms with van der Waals surface area (Å²) in [5.74, 6) is 1.64. The smallest absolute Gasteiger partial charge is 0.225 e. The Hall–Kier alpha value is -2.86. The highest BCUT2D eigenvalue weighted by Crippen LogP contribution is 2.30. The van der Waals surface area contributed by atoms with E-state index in [4.69, 9.17) is 9.47 Å². The molecule has 1 amide bonds. The van der Waals surface area contributed by atoms with Crippen LogP contribution in [0.3, 0.4) is 0 Å². The molecule has 5 nitrogen and oxygen atoms in total. The third kappa shape index (κ3) is 5.10. The van der Waals surface area contributed by atoms with Crippen molar-refractivity contribution in [2.75, 3.05) is 20.8 Å². The van der Waals surface area contributed by atoms with Gasteiger partial charge in [0.2, 0.25) is 5.91 Å². The van der Waals surface area contributed by atoms with Gasteiger partial charge >= 0.3 is 0 Å². The minimum absolute atomic E-state index is 0.0115. The third-order valence-electron chi connectivity index (χ3n) is 4.43. The summed E-state index contributed by atoms with van der Waals surface area (Å²) in [5.41, 5.74) is 3.06. The molecule has 0 spiro atoms. The number of aromatic nitrogens is 1. The normalized spacial score (nSPS) is 10.5. The van der Waals surface area contributed by atoms with Crippen molar-refractivity contribution in [1.29, 1.82) is 0 Å². The Balaban J connectivity index is 1.55. The second-order valence-electron chi connectivity index (χ2n) is 6.38. The van der Waals surface area contributed by atoms with Crippen LogP contribution < -0.4 is 14.8 Å². The van der Waals surface area contributed by atoms with Crippen LogP contribution in [0.15, 0.2) is 48.5 Å². The number of carbonyl (C=O) groups excluding carboxylic acids is 1. The Kier molecular flexibility index (Phi) is 6.66. The molecule has 0 atom stereocenters. The molecule has 146 valence electrons. The summed E-state index contributed by atoms with van der Waals surface area (Å²) >= 11 is 1.55. The zero-order valence-electron chi connectivity index (χ0n) is 16.3. The molecule has 1 heterocycles. The Morgan fingerprint density at radius 1 is 1.07 bits per heavy atom. The summed E-state index contributed by atoms with van der Waals surface area (Å²) in [7, 11) is 3.30. The van der Waals surface area contributed by atoms with Gasteiger partial charge < -0.3 is 14.8 Å². The Labute approximate surface area is 169 Å². The SMILES string of the molecule is COc1ccc(CCNC(=O)Cc2sc(-c3cccc(OC)c3)nc2C)cc1. The van der Waals surface area contributed by atoms with Crippen molar-refractivity contribution in [2.24, 2.45) is 0 Å². The fraction of sp³-hybridized carbons (Fsp3) is 0.273. The van der Waals surface area contributed by atoms with Crippen LogP contribution in [0.1, 0.15) is 16.1 Å². The standard InChI is InChI=1S/C22H24N2O3S/c1-15-20(28-22(24-15)17-5-4-6-19(13-17)27-3)14-21(25)23-12-11-16-7-9-18(26-2)10-8-16/h4-10,13H,11-12,14H2,1-3H3,(H,23,25). The first-order chi connectivity index (χ1) is 13.6. The summed E-state index contributed by atoms with van der Waals surface area (Å²) < 4.78 is 10.4. The minimum Gasteiger partial charge on any atom is -0.497 e. The van der Waals surface area contributed by atoms with E-state index in [1.165, 1.54) is 0 Å². The number of hydrogen-bond acceptors (Lipinski definition) is 5. The van der Waals surface area contributed by atoms with E-state index in [2.05, 4.69) is 10.3 Å². The molecule has 0 bridgehead atoms. The number of aryl methyl sites for hydroxylation is 1. The largest absolute Gasteiger partial charge is 0.497 e. The molecule has 0 radical (unpaired) electrons. The van der Waals surface area contributed by atoms with Crippen LogP contribution in [0.5, 0.6) is 11.5 Å². The van der Waals surface area contributed by atoms with Crippen molar-refractivity contribution in [3.63, 3.8) is 0 Å². The first kappa shape index (κ1) is 19.9. The van der Waals surface area contributed by atoms with Gasteiger partial charge in [0.15, 0.2) is 0 Å². The minimum atomic E-state index is 0.0115. The lowest BCUT2D eigenvalue weighted by Crippen LogP contribution is -2.27. The maximum Gasteiger partial charge on any atom is 0.225 e. The predicted molar refractivity (Wildman–Crippen MR) is 112 cm³/mol. The molecule has 1 aromatic heterocycles. The van der Waals surface area contributed by atoms with Gasteiger partial charge in [-0.25, -0.2) is 4.98 Å². The zero-order valence-corrected chi connectivity index (χ0v) is 17.1.